The Morgan fingerprint density at radius 2 is 2.26 bits per heavy atom. The van der Waals surface area contributed by atoms with Crippen LogP contribution >= 0.6 is 0 Å². The molecule has 5 nitrogen and oxygen atoms in total. The summed E-state index contributed by atoms with van der Waals surface area (Å²) in [5.41, 5.74) is 0.961. The van der Waals surface area contributed by atoms with Crippen LogP contribution < -0.4 is 10.2 Å². The van der Waals surface area contributed by atoms with Gasteiger partial charge in [0.1, 0.15) is 0 Å². The quantitative estimate of drug-likeness (QED) is 0.514. The second-order valence-corrected chi connectivity index (χ2v) is 4.29. The molecule has 0 atom stereocenters. The smallest absolute Gasteiger partial charge is 0.151 e. The van der Waals surface area contributed by atoms with Crippen LogP contribution in [0.25, 0.3) is 0 Å². The fourth-order valence-corrected chi connectivity index (χ4v) is 1.67. The van der Waals surface area contributed by atoms with Crippen molar-refractivity contribution in [3.8, 4) is 0 Å². The first kappa shape index (κ1) is 15.6. The molecule has 1 heterocycles. The zero-order chi connectivity index (χ0) is 13.9. The Hall–Kier alpha value is -1.46. The summed E-state index contributed by atoms with van der Waals surface area (Å²) in [6.07, 6.45) is 2.98. The highest BCUT2D eigenvalue weighted by atomic mass is 16.5. The summed E-state index contributed by atoms with van der Waals surface area (Å²) >= 11 is 0. The largest absolute Gasteiger partial charge is 0.383 e. The number of anilines is 1. The minimum atomic E-state index is 0.662. The summed E-state index contributed by atoms with van der Waals surface area (Å²) in [5, 5.41) is 11.8. The van der Waals surface area contributed by atoms with Gasteiger partial charge < -0.3 is 15.0 Å². The lowest BCUT2D eigenvalue weighted by atomic mass is 10.3. The molecule has 106 valence electrons. The zero-order valence-corrected chi connectivity index (χ0v) is 11.9. The fourth-order valence-electron chi connectivity index (χ4n) is 1.67. The first-order chi connectivity index (χ1) is 9.31. The highest BCUT2D eigenvalue weighted by Crippen LogP contribution is 2.09. The van der Waals surface area contributed by atoms with Crippen molar-refractivity contribution < 1.29 is 4.74 Å². The molecule has 0 aromatic carbocycles. The average molecular weight is 264 g/mol. The maximum atomic E-state index is 5.10. The van der Waals surface area contributed by atoms with Crippen molar-refractivity contribution in [1.82, 2.24) is 15.5 Å². The van der Waals surface area contributed by atoms with Crippen LogP contribution in [0.5, 0.6) is 0 Å². The Morgan fingerprint density at radius 3 is 2.84 bits per heavy atom. The molecule has 0 aliphatic heterocycles. The van der Waals surface area contributed by atoms with E-state index in [9.17, 15) is 0 Å². The topological polar surface area (TPSA) is 50.3 Å². The lowest BCUT2D eigenvalue weighted by molar-refractivity contribution is 0.205. The van der Waals surface area contributed by atoms with E-state index >= 15 is 0 Å². The molecular formula is C14H24N4O. The van der Waals surface area contributed by atoms with Gasteiger partial charge in [-0.2, -0.15) is 5.10 Å². The van der Waals surface area contributed by atoms with Crippen molar-refractivity contribution in [2.45, 2.75) is 19.9 Å². The molecular weight excluding hydrogens is 240 g/mol. The number of hydrogen-bond acceptors (Lipinski definition) is 5. The second-order valence-electron chi connectivity index (χ2n) is 4.29. The number of nitrogens with one attached hydrogen (secondary N) is 1. The van der Waals surface area contributed by atoms with E-state index in [1.54, 1.807) is 7.11 Å². The van der Waals surface area contributed by atoms with Crippen LogP contribution in [0.2, 0.25) is 0 Å². The van der Waals surface area contributed by atoms with E-state index in [0.29, 0.717) is 6.61 Å². The minimum absolute atomic E-state index is 0.662. The van der Waals surface area contributed by atoms with Crippen molar-refractivity contribution in [3.05, 3.63) is 30.5 Å². The first-order valence-corrected chi connectivity index (χ1v) is 6.70. The number of ether oxygens (including phenoxy) is 1. The maximum Gasteiger partial charge on any atom is 0.151 e. The maximum absolute atomic E-state index is 5.10. The third-order valence-electron chi connectivity index (χ3n) is 2.68. The molecule has 1 N–H and O–H groups in total. The predicted molar refractivity (Wildman–Crippen MR) is 78.3 cm³/mol. The molecule has 0 saturated heterocycles. The van der Waals surface area contributed by atoms with Crippen LogP contribution in [0.1, 0.15) is 19.0 Å². The molecule has 0 aliphatic rings. The standard InChI is InChI=1S/C14H24N4O/c1-4-8-15-12-13-6-7-14(17-16-13)18(9-5-2)10-11-19-3/h5-7,15H,2,4,8-12H2,1,3H3. The third-order valence-corrected chi connectivity index (χ3v) is 2.68. The van der Waals surface area contributed by atoms with Crippen molar-refractivity contribution in [1.29, 1.82) is 0 Å². The molecule has 19 heavy (non-hydrogen) atoms. The molecule has 1 aromatic rings. The van der Waals surface area contributed by atoms with E-state index in [-0.39, 0.29) is 0 Å². The molecule has 5 heteroatoms. The highest BCUT2D eigenvalue weighted by molar-refractivity contribution is 5.38. The number of rotatable bonds is 10. The van der Waals surface area contributed by atoms with Crippen molar-refractivity contribution in [3.63, 3.8) is 0 Å². The van der Waals surface area contributed by atoms with E-state index in [4.69, 9.17) is 4.74 Å². The van der Waals surface area contributed by atoms with E-state index in [2.05, 4.69) is 33.9 Å². The average Bonchev–Trinajstić information content (AvgIpc) is 2.45. The van der Waals surface area contributed by atoms with Gasteiger partial charge in [-0.15, -0.1) is 11.7 Å². The predicted octanol–water partition coefficient (Wildman–Crippen LogP) is 1.61. The van der Waals surface area contributed by atoms with E-state index in [1.807, 2.05) is 18.2 Å². The first-order valence-electron chi connectivity index (χ1n) is 6.70. The molecule has 0 aliphatic carbocycles. The van der Waals surface area contributed by atoms with Gasteiger partial charge in [-0.3, -0.25) is 0 Å². The summed E-state index contributed by atoms with van der Waals surface area (Å²) < 4.78 is 5.10. The molecule has 0 saturated carbocycles. The number of nitrogens with zero attached hydrogens (tertiary/aromatic N) is 3. The molecule has 0 bridgehead atoms. The summed E-state index contributed by atoms with van der Waals surface area (Å²) in [6.45, 7) is 9.85. The van der Waals surface area contributed by atoms with Crippen molar-refractivity contribution in [2.24, 2.45) is 0 Å². The lowest BCUT2D eigenvalue weighted by Gasteiger charge is -2.21. The summed E-state index contributed by atoms with van der Waals surface area (Å²) in [4.78, 5) is 2.09. The van der Waals surface area contributed by atoms with Gasteiger partial charge in [-0.05, 0) is 25.1 Å². The summed E-state index contributed by atoms with van der Waals surface area (Å²) in [7, 11) is 1.69. The van der Waals surface area contributed by atoms with E-state index < -0.39 is 0 Å². The van der Waals surface area contributed by atoms with Crippen LogP contribution in [0.15, 0.2) is 24.8 Å². The van der Waals surface area contributed by atoms with Crippen LogP contribution in [0.3, 0.4) is 0 Å². The van der Waals surface area contributed by atoms with Gasteiger partial charge in [0.25, 0.3) is 0 Å². The molecule has 0 amide bonds. The van der Waals surface area contributed by atoms with E-state index in [0.717, 1.165) is 44.1 Å². The van der Waals surface area contributed by atoms with Crippen LogP contribution in [-0.4, -0.2) is 43.5 Å². The van der Waals surface area contributed by atoms with Gasteiger partial charge in [0.05, 0.1) is 12.3 Å². The molecule has 0 unspecified atom stereocenters. The Bertz CT molecular complexity index is 353. The van der Waals surface area contributed by atoms with Crippen LogP contribution in [0.4, 0.5) is 5.82 Å². The third kappa shape index (κ3) is 5.81. The van der Waals surface area contributed by atoms with Gasteiger partial charge in [0, 0.05) is 26.7 Å². The minimum Gasteiger partial charge on any atom is -0.383 e. The van der Waals surface area contributed by atoms with Crippen molar-refractivity contribution >= 4 is 5.82 Å². The zero-order valence-electron chi connectivity index (χ0n) is 11.9. The normalized spacial score (nSPS) is 10.4. The Labute approximate surface area is 115 Å². The monoisotopic (exact) mass is 264 g/mol. The Morgan fingerprint density at radius 1 is 1.42 bits per heavy atom. The number of methoxy groups -OCH3 is 1. The molecule has 1 aromatic heterocycles. The van der Waals surface area contributed by atoms with Gasteiger partial charge in [0.15, 0.2) is 5.82 Å². The summed E-state index contributed by atoms with van der Waals surface area (Å²) in [5.74, 6) is 0.858. The molecule has 0 spiro atoms. The Kier molecular flexibility index (Phi) is 7.77. The van der Waals surface area contributed by atoms with Gasteiger partial charge in [0.2, 0.25) is 0 Å². The number of aromatic nitrogens is 2. The second kappa shape index (κ2) is 9.47. The fraction of sp³-hybridized carbons (Fsp3) is 0.571. The molecule has 0 fully saturated rings. The molecule has 1 rings (SSSR count). The SMILES string of the molecule is C=CCN(CCOC)c1ccc(CNCCC)nn1. The van der Waals surface area contributed by atoms with E-state index in [1.165, 1.54) is 0 Å². The lowest BCUT2D eigenvalue weighted by Crippen LogP contribution is -2.28. The summed E-state index contributed by atoms with van der Waals surface area (Å²) in [6, 6.07) is 4.00. The highest BCUT2D eigenvalue weighted by Gasteiger charge is 2.06. The van der Waals surface area contributed by atoms with Gasteiger partial charge in [-0.1, -0.05) is 13.0 Å². The van der Waals surface area contributed by atoms with Gasteiger partial charge in [-0.25, -0.2) is 0 Å². The Balaban J connectivity index is 2.57. The van der Waals surface area contributed by atoms with Crippen LogP contribution in [0, 0.1) is 0 Å². The number of hydrogen-bond donors (Lipinski definition) is 1. The van der Waals surface area contributed by atoms with Crippen molar-refractivity contribution in [2.75, 3.05) is 38.3 Å². The van der Waals surface area contributed by atoms with Crippen LogP contribution in [-0.2, 0) is 11.3 Å². The molecule has 0 radical (unpaired) electrons. The van der Waals surface area contributed by atoms with Gasteiger partial charge >= 0.3 is 0 Å².